The fourth-order valence-electron chi connectivity index (χ4n) is 7.82. The first kappa shape index (κ1) is 32.1. The van der Waals surface area contributed by atoms with Crippen molar-refractivity contribution in [3.05, 3.63) is 47.5 Å². The second-order valence-corrected chi connectivity index (χ2v) is 14.4. The van der Waals surface area contributed by atoms with E-state index in [0.717, 1.165) is 68.2 Å². The number of aliphatic imine (C=N–C) groups is 1. The Hall–Kier alpha value is -3.81. The molecule has 0 bridgehead atoms. The second-order valence-electron chi connectivity index (χ2n) is 13.3. The largest absolute Gasteiger partial charge is 0.396 e. The third kappa shape index (κ3) is 5.80. The van der Waals surface area contributed by atoms with E-state index in [-0.39, 0.29) is 17.8 Å². The fraction of sp³-hybridized carbons (Fsp3) is 0.545. The molecule has 2 unspecified atom stereocenters. The highest BCUT2D eigenvalue weighted by Crippen LogP contribution is 2.49. The van der Waals surface area contributed by atoms with Gasteiger partial charge in [-0.1, -0.05) is 12.7 Å². The number of nitrogens with one attached hydrogen (secondary N) is 1. The van der Waals surface area contributed by atoms with E-state index in [1.807, 2.05) is 11.0 Å². The van der Waals surface area contributed by atoms with Crippen LogP contribution < -0.4 is 21.3 Å². The molecule has 5 atom stereocenters. The van der Waals surface area contributed by atoms with E-state index in [2.05, 4.69) is 46.8 Å². The summed E-state index contributed by atoms with van der Waals surface area (Å²) in [5, 5.41) is 21.1. The van der Waals surface area contributed by atoms with Gasteiger partial charge in [0.15, 0.2) is 5.84 Å². The Labute approximate surface area is 275 Å². The van der Waals surface area contributed by atoms with Crippen LogP contribution in [-0.4, -0.2) is 108 Å². The molecule has 46 heavy (non-hydrogen) atoms. The third-order valence-electron chi connectivity index (χ3n) is 10.3. The molecular formula is C33H46N10O2S. The van der Waals surface area contributed by atoms with Gasteiger partial charge in [0, 0.05) is 85.3 Å². The first-order valence-corrected chi connectivity index (χ1v) is 17.0. The van der Waals surface area contributed by atoms with Crippen LogP contribution in [0.3, 0.4) is 0 Å². The van der Waals surface area contributed by atoms with Crippen LogP contribution in [0.5, 0.6) is 0 Å². The number of nitrogen functional groups attached to an aromatic ring is 2. The molecule has 246 valence electrons. The summed E-state index contributed by atoms with van der Waals surface area (Å²) in [6.45, 7) is 15.5. The number of aromatic nitrogens is 2. The maximum Gasteiger partial charge on any atom is 0.245 e. The Balaban J connectivity index is 1.29. The highest BCUT2D eigenvalue weighted by atomic mass is 32.1. The number of aliphatic hydroxyl groups is 1. The Kier molecular flexibility index (Phi) is 8.92. The number of likely N-dealkylation sites (tertiary alicyclic amines) is 1. The number of aliphatic hydroxyl groups excluding tert-OH is 1. The number of carbonyl (C=O) groups excluding carboxylic acids is 1. The minimum atomic E-state index is -1.05. The molecule has 13 heteroatoms. The predicted molar refractivity (Wildman–Crippen MR) is 186 cm³/mol. The van der Waals surface area contributed by atoms with Gasteiger partial charge in [-0.25, -0.2) is 9.98 Å². The van der Waals surface area contributed by atoms with Crippen LogP contribution in [-0.2, 0) is 16.6 Å². The molecule has 0 aromatic carbocycles. The zero-order chi connectivity index (χ0) is 32.7. The van der Waals surface area contributed by atoms with Crippen molar-refractivity contribution in [3.8, 4) is 0 Å². The number of thiophene rings is 1. The van der Waals surface area contributed by atoms with E-state index in [4.69, 9.17) is 26.8 Å². The van der Waals surface area contributed by atoms with Crippen molar-refractivity contribution in [3.63, 3.8) is 0 Å². The van der Waals surface area contributed by atoms with Gasteiger partial charge < -0.3 is 36.2 Å². The normalized spacial score (nSPS) is 27.4. The summed E-state index contributed by atoms with van der Waals surface area (Å²) in [4.78, 5) is 36.4. The molecule has 6 rings (SSSR count). The van der Waals surface area contributed by atoms with Crippen molar-refractivity contribution in [2.75, 3.05) is 74.1 Å². The van der Waals surface area contributed by atoms with Gasteiger partial charge in [0.05, 0.1) is 5.69 Å². The van der Waals surface area contributed by atoms with E-state index < -0.39 is 11.5 Å². The molecule has 3 saturated heterocycles. The highest BCUT2D eigenvalue weighted by Gasteiger charge is 2.44. The summed E-state index contributed by atoms with van der Waals surface area (Å²) in [6.07, 6.45) is 6.86. The molecule has 2 aromatic heterocycles. The van der Waals surface area contributed by atoms with Gasteiger partial charge in [-0.3, -0.25) is 10.2 Å². The van der Waals surface area contributed by atoms with Crippen molar-refractivity contribution >= 4 is 51.7 Å². The first-order valence-electron chi connectivity index (χ1n) is 16.2. The minimum Gasteiger partial charge on any atom is -0.396 e. The van der Waals surface area contributed by atoms with E-state index in [9.17, 15) is 9.90 Å². The second kappa shape index (κ2) is 12.8. The summed E-state index contributed by atoms with van der Waals surface area (Å²) in [7, 11) is 2.13. The Bertz CT molecular complexity index is 1540. The van der Waals surface area contributed by atoms with Gasteiger partial charge >= 0.3 is 0 Å². The number of nitrogens with zero attached hydrogens (tertiary/aromatic N) is 7. The Morgan fingerprint density at radius 1 is 1.17 bits per heavy atom. The summed E-state index contributed by atoms with van der Waals surface area (Å²) in [5.41, 5.74) is 13.5. The van der Waals surface area contributed by atoms with E-state index in [1.54, 1.807) is 6.08 Å². The molecule has 0 spiro atoms. The lowest BCUT2D eigenvalue weighted by Gasteiger charge is -2.37. The quantitative estimate of drug-likeness (QED) is 0.153. The number of nitrogens with two attached hydrogens (primary N) is 2. The van der Waals surface area contributed by atoms with Gasteiger partial charge in [0.25, 0.3) is 0 Å². The third-order valence-corrected chi connectivity index (χ3v) is 11.4. The smallest absolute Gasteiger partial charge is 0.245 e. The molecule has 1 amide bonds. The summed E-state index contributed by atoms with van der Waals surface area (Å²) < 4.78 is 0. The van der Waals surface area contributed by atoms with Crippen molar-refractivity contribution in [2.45, 2.75) is 50.2 Å². The number of rotatable bonds is 7. The lowest BCUT2D eigenvalue weighted by Crippen LogP contribution is -2.42. The zero-order valence-corrected chi connectivity index (χ0v) is 27.7. The highest BCUT2D eigenvalue weighted by molar-refractivity contribution is 7.16. The molecule has 3 aliphatic heterocycles. The molecular weight excluding hydrogens is 600 g/mol. The van der Waals surface area contributed by atoms with Crippen LogP contribution in [0.1, 0.15) is 42.3 Å². The predicted octanol–water partition coefficient (Wildman–Crippen LogP) is 2.53. The fourth-order valence-corrected chi connectivity index (χ4v) is 8.95. The Morgan fingerprint density at radius 2 is 1.91 bits per heavy atom. The van der Waals surface area contributed by atoms with Crippen LogP contribution in [0.15, 0.2) is 36.4 Å². The molecule has 0 radical (unpaired) electrons. The maximum absolute atomic E-state index is 12.2. The number of fused-ring (bicyclic) bond motifs is 2. The van der Waals surface area contributed by atoms with E-state index in [1.165, 1.54) is 23.6 Å². The van der Waals surface area contributed by atoms with Crippen molar-refractivity contribution in [2.24, 2.45) is 16.8 Å². The summed E-state index contributed by atoms with van der Waals surface area (Å²) >= 11 is 1.47. The van der Waals surface area contributed by atoms with Crippen molar-refractivity contribution in [1.82, 2.24) is 19.8 Å². The van der Waals surface area contributed by atoms with Crippen LogP contribution in [0.2, 0.25) is 0 Å². The van der Waals surface area contributed by atoms with Crippen molar-refractivity contribution in [1.29, 1.82) is 5.41 Å². The summed E-state index contributed by atoms with van der Waals surface area (Å²) in [6, 6.07) is 2.01. The van der Waals surface area contributed by atoms with Gasteiger partial charge in [-0.05, 0) is 52.3 Å². The monoisotopic (exact) mass is 646 g/mol. The van der Waals surface area contributed by atoms with Crippen LogP contribution in [0.4, 0.5) is 22.5 Å². The van der Waals surface area contributed by atoms with Crippen LogP contribution >= 0.6 is 11.3 Å². The average Bonchev–Trinajstić information content (AvgIpc) is 3.68. The lowest BCUT2D eigenvalue weighted by atomic mass is 9.68. The molecule has 3 fully saturated rings. The number of aryl methyl sites for hydroxylation is 1. The van der Waals surface area contributed by atoms with Gasteiger partial charge in [0.1, 0.15) is 22.6 Å². The molecule has 0 saturated carbocycles. The Morgan fingerprint density at radius 3 is 2.61 bits per heavy atom. The number of hydrogen-bond donors (Lipinski definition) is 4. The number of amides is 1. The molecule has 5 heterocycles. The number of carbonyl (C=O) groups is 1. The topological polar surface area (TPSA) is 164 Å². The molecule has 4 aliphatic rings. The van der Waals surface area contributed by atoms with E-state index >= 15 is 0 Å². The minimum absolute atomic E-state index is 0.0194. The van der Waals surface area contributed by atoms with Crippen LogP contribution in [0, 0.1) is 17.2 Å². The van der Waals surface area contributed by atoms with Gasteiger partial charge in [-0.2, -0.15) is 4.98 Å². The summed E-state index contributed by atoms with van der Waals surface area (Å²) in [5.74, 6) is 1.95. The molecule has 1 aliphatic carbocycles. The lowest BCUT2D eigenvalue weighted by molar-refractivity contribution is -0.125. The van der Waals surface area contributed by atoms with Gasteiger partial charge in [-0.15, -0.1) is 17.9 Å². The van der Waals surface area contributed by atoms with Crippen molar-refractivity contribution < 1.29 is 9.90 Å². The number of anilines is 4. The molecule has 12 nitrogen and oxygen atoms in total. The maximum atomic E-state index is 12.2. The van der Waals surface area contributed by atoms with E-state index in [0.29, 0.717) is 53.7 Å². The number of amidine groups is 1. The number of hydrogen-bond acceptors (Lipinski definition) is 11. The van der Waals surface area contributed by atoms with Gasteiger partial charge in [0.2, 0.25) is 11.9 Å². The molecule has 6 N–H and O–H groups in total. The average molecular weight is 647 g/mol. The standard InChI is InChI=1S/C33H46N10O2S/c1-5-27(45)42-18-21-16-41(17-22(21)19-42)26-13-23(38-32(39-26)43-12-8-11-40(4)15-20(43)3)30(35)37-14-25(44)33(6-2)10-7-9-24-28(33)29(34)31(36)46-24/h5-6,13-14,20-22,25,35,44H,1-2,7-12,15-19,34,36H2,3-4H3/t20-,21?,22?,25+,33+/m0/s1. The van der Waals surface area contributed by atoms with Crippen LogP contribution in [0.25, 0.3) is 0 Å². The number of likely N-dealkylation sites (N-methyl/N-ethyl adjacent to an activating group) is 1. The first-order chi connectivity index (χ1) is 22.0. The zero-order valence-electron chi connectivity index (χ0n) is 26.9. The SMILES string of the molecule is C=CC(=O)N1CC2CN(c3cc(C(=N)N=C[C@@H](O)[C@@]4(C=C)CCCc5sc(N)c(N)c54)nc(N4CCCN(C)C[C@@H]4C)n3)CC2C1. The molecule has 2 aromatic rings.